The molecule has 3 heterocycles. The minimum absolute atomic E-state index is 0.117. The van der Waals surface area contributed by atoms with Gasteiger partial charge in [0.05, 0.1) is 25.5 Å². The molecule has 1 fully saturated rings. The first kappa shape index (κ1) is 21.4. The second kappa shape index (κ2) is 10.0. The van der Waals surface area contributed by atoms with E-state index in [1.165, 1.54) is 0 Å². The van der Waals surface area contributed by atoms with Crippen molar-refractivity contribution in [1.82, 2.24) is 25.3 Å². The van der Waals surface area contributed by atoms with Crippen molar-refractivity contribution >= 4 is 17.8 Å². The summed E-state index contributed by atoms with van der Waals surface area (Å²) < 4.78 is 11.4. The van der Waals surface area contributed by atoms with E-state index >= 15 is 0 Å². The zero-order valence-electron chi connectivity index (χ0n) is 17.8. The van der Waals surface area contributed by atoms with E-state index < -0.39 is 0 Å². The van der Waals surface area contributed by atoms with Crippen LogP contribution in [0.1, 0.15) is 15.9 Å². The van der Waals surface area contributed by atoms with Gasteiger partial charge in [0.2, 0.25) is 17.8 Å². The number of anilines is 2. The van der Waals surface area contributed by atoms with Gasteiger partial charge in [0.1, 0.15) is 0 Å². The lowest BCUT2D eigenvalue weighted by molar-refractivity contribution is 0.0963. The zero-order valence-corrected chi connectivity index (χ0v) is 17.8. The van der Waals surface area contributed by atoms with Gasteiger partial charge in [0.15, 0.2) is 0 Å². The second-order valence-corrected chi connectivity index (χ2v) is 7.20. The summed E-state index contributed by atoms with van der Waals surface area (Å²) in [6.45, 7) is 3.04. The molecular weight excluding hydrogens is 410 g/mol. The number of nitrogen functional groups attached to an aromatic ring is 1. The Bertz CT molecular complexity index is 1070. The fourth-order valence-corrected chi connectivity index (χ4v) is 3.30. The molecule has 0 radical (unpaired) electrons. The fourth-order valence-electron chi connectivity index (χ4n) is 3.30. The van der Waals surface area contributed by atoms with Gasteiger partial charge in [-0.3, -0.25) is 4.79 Å². The molecule has 3 aromatic rings. The van der Waals surface area contributed by atoms with Gasteiger partial charge >= 0.3 is 0 Å². The lowest BCUT2D eigenvalue weighted by Crippen LogP contribution is -2.37. The Labute approximate surface area is 185 Å². The Morgan fingerprint density at radius 1 is 1.19 bits per heavy atom. The number of carbonyl (C=O) groups excluding carboxylic acids is 1. The maximum atomic E-state index is 11.9. The molecule has 0 saturated carbocycles. The maximum absolute atomic E-state index is 11.9. The van der Waals surface area contributed by atoms with Crippen LogP contribution in [0, 0.1) is 0 Å². The molecule has 4 rings (SSSR count). The summed E-state index contributed by atoms with van der Waals surface area (Å²) in [6.07, 6.45) is 3.88. The van der Waals surface area contributed by atoms with Gasteiger partial charge < -0.3 is 25.4 Å². The van der Waals surface area contributed by atoms with Gasteiger partial charge in [-0.25, -0.2) is 15.0 Å². The van der Waals surface area contributed by atoms with E-state index in [9.17, 15) is 4.79 Å². The van der Waals surface area contributed by atoms with Crippen molar-refractivity contribution in [3.63, 3.8) is 0 Å². The van der Waals surface area contributed by atoms with Crippen LogP contribution in [0.15, 0.2) is 42.7 Å². The van der Waals surface area contributed by atoms with Crippen LogP contribution in [0.4, 0.5) is 11.9 Å². The van der Waals surface area contributed by atoms with Crippen LogP contribution >= 0.6 is 0 Å². The molecule has 10 nitrogen and oxygen atoms in total. The summed E-state index contributed by atoms with van der Waals surface area (Å²) in [7, 11) is 1.61. The first-order chi connectivity index (χ1) is 15.6. The number of nitrogens with one attached hydrogen (secondary N) is 1. The third-order valence-electron chi connectivity index (χ3n) is 5.01. The van der Waals surface area contributed by atoms with Gasteiger partial charge in [0, 0.05) is 56.1 Å². The van der Waals surface area contributed by atoms with Crippen LogP contribution in [-0.4, -0.2) is 65.8 Å². The van der Waals surface area contributed by atoms with Crippen LogP contribution in [0.25, 0.3) is 11.3 Å². The molecule has 2 aromatic heterocycles. The summed E-state index contributed by atoms with van der Waals surface area (Å²) >= 11 is 0. The van der Waals surface area contributed by atoms with Crippen molar-refractivity contribution < 1.29 is 14.3 Å². The van der Waals surface area contributed by atoms with Crippen LogP contribution in [0.2, 0.25) is 0 Å². The Morgan fingerprint density at radius 2 is 1.97 bits per heavy atom. The number of rotatable bonds is 7. The first-order valence-electron chi connectivity index (χ1n) is 10.4. The highest BCUT2D eigenvalue weighted by atomic mass is 16.5. The van der Waals surface area contributed by atoms with Gasteiger partial charge in [0.25, 0.3) is 5.91 Å². The SMILES string of the molecule is CNC(=O)c1cccc(CCOc2cc(-c3cnc(N)nc3)nc(N3CCOCC3)n2)c1. The number of nitrogens with two attached hydrogens (primary N) is 1. The molecule has 0 bridgehead atoms. The number of amides is 1. The van der Waals surface area contributed by atoms with Gasteiger partial charge in [-0.05, 0) is 17.7 Å². The zero-order chi connectivity index (χ0) is 22.3. The average molecular weight is 435 g/mol. The summed E-state index contributed by atoms with van der Waals surface area (Å²) in [6, 6.07) is 9.23. The Hall–Kier alpha value is -3.79. The van der Waals surface area contributed by atoms with Crippen molar-refractivity contribution in [3.8, 4) is 17.1 Å². The predicted octanol–water partition coefficient (Wildman–Crippen LogP) is 1.33. The lowest BCUT2D eigenvalue weighted by atomic mass is 10.1. The molecule has 1 aromatic carbocycles. The molecule has 0 aliphatic carbocycles. The van der Waals surface area contributed by atoms with E-state index in [1.807, 2.05) is 18.2 Å². The minimum atomic E-state index is -0.117. The normalized spacial score (nSPS) is 13.6. The van der Waals surface area contributed by atoms with Crippen LogP contribution in [0.5, 0.6) is 5.88 Å². The number of nitrogens with zero attached hydrogens (tertiary/aromatic N) is 5. The molecule has 3 N–H and O–H groups in total. The number of benzene rings is 1. The smallest absolute Gasteiger partial charge is 0.251 e. The van der Waals surface area contributed by atoms with E-state index in [2.05, 4.69) is 30.2 Å². The van der Waals surface area contributed by atoms with E-state index in [4.69, 9.17) is 15.2 Å². The standard InChI is InChI=1S/C22H25N7O3/c1-24-20(30)16-4-2-3-15(11-16)5-8-32-19-12-18(17-13-25-21(23)26-14-17)27-22(28-19)29-6-9-31-10-7-29/h2-4,11-14H,5-10H2,1H3,(H,24,30)(H2,23,25,26). The van der Waals surface area contributed by atoms with Crippen LogP contribution in [-0.2, 0) is 11.2 Å². The third-order valence-corrected chi connectivity index (χ3v) is 5.01. The number of ether oxygens (including phenoxy) is 2. The highest BCUT2D eigenvalue weighted by Crippen LogP contribution is 2.24. The summed E-state index contributed by atoms with van der Waals surface area (Å²) in [5.41, 5.74) is 8.60. The average Bonchev–Trinajstić information content (AvgIpc) is 2.84. The van der Waals surface area contributed by atoms with E-state index in [0.29, 0.717) is 62.4 Å². The number of morpholine rings is 1. The number of aromatic nitrogens is 4. The molecule has 0 atom stereocenters. The molecule has 1 aliphatic rings. The second-order valence-electron chi connectivity index (χ2n) is 7.20. The van der Waals surface area contributed by atoms with Crippen molar-refractivity contribution in [1.29, 1.82) is 0 Å². The van der Waals surface area contributed by atoms with Crippen LogP contribution in [0.3, 0.4) is 0 Å². The Kier molecular flexibility index (Phi) is 6.71. The predicted molar refractivity (Wildman–Crippen MR) is 120 cm³/mol. The number of hydrogen-bond donors (Lipinski definition) is 2. The molecule has 32 heavy (non-hydrogen) atoms. The molecular formula is C22H25N7O3. The molecule has 0 spiro atoms. The number of hydrogen-bond acceptors (Lipinski definition) is 9. The number of carbonyl (C=O) groups is 1. The van der Waals surface area contributed by atoms with E-state index in [1.54, 1.807) is 31.6 Å². The monoisotopic (exact) mass is 435 g/mol. The van der Waals surface area contributed by atoms with Gasteiger partial charge in [-0.2, -0.15) is 4.98 Å². The van der Waals surface area contributed by atoms with Crippen molar-refractivity contribution in [2.24, 2.45) is 0 Å². The quantitative estimate of drug-likeness (QED) is 0.565. The summed E-state index contributed by atoms with van der Waals surface area (Å²) in [5.74, 6) is 1.11. The lowest BCUT2D eigenvalue weighted by Gasteiger charge is -2.27. The fraction of sp³-hybridized carbons (Fsp3) is 0.318. The van der Waals surface area contributed by atoms with E-state index in [-0.39, 0.29) is 11.9 Å². The molecule has 1 amide bonds. The third kappa shape index (κ3) is 5.27. The molecule has 1 aliphatic heterocycles. The largest absolute Gasteiger partial charge is 0.477 e. The molecule has 0 unspecified atom stereocenters. The molecule has 10 heteroatoms. The van der Waals surface area contributed by atoms with Gasteiger partial charge in [-0.15, -0.1) is 0 Å². The van der Waals surface area contributed by atoms with Crippen molar-refractivity contribution in [3.05, 3.63) is 53.9 Å². The minimum Gasteiger partial charge on any atom is -0.477 e. The Morgan fingerprint density at radius 3 is 2.72 bits per heavy atom. The van der Waals surface area contributed by atoms with Crippen LogP contribution < -0.4 is 20.7 Å². The maximum Gasteiger partial charge on any atom is 0.251 e. The Balaban J connectivity index is 1.52. The molecule has 1 saturated heterocycles. The summed E-state index contributed by atoms with van der Waals surface area (Å²) in [5, 5.41) is 2.63. The van der Waals surface area contributed by atoms with Crippen molar-refractivity contribution in [2.45, 2.75) is 6.42 Å². The first-order valence-corrected chi connectivity index (χ1v) is 10.4. The highest BCUT2D eigenvalue weighted by molar-refractivity contribution is 5.94. The topological polar surface area (TPSA) is 128 Å². The summed E-state index contributed by atoms with van der Waals surface area (Å²) in [4.78, 5) is 31.3. The van der Waals surface area contributed by atoms with E-state index in [0.717, 1.165) is 11.1 Å². The molecule has 166 valence electrons. The van der Waals surface area contributed by atoms with Gasteiger partial charge in [-0.1, -0.05) is 12.1 Å². The highest BCUT2D eigenvalue weighted by Gasteiger charge is 2.17. The van der Waals surface area contributed by atoms with Crippen molar-refractivity contribution in [2.75, 3.05) is 50.6 Å².